The number of ether oxygens (including phenoxy) is 2. The van der Waals surface area contributed by atoms with Gasteiger partial charge in [0.1, 0.15) is 18.2 Å². The molecule has 174 valence electrons. The number of nitrogens with one attached hydrogen (secondary N) is 1. The van der Waals surface area contributed by atoms with Crippen LogP contribution in [-0.4, -0.2) is 12.5 Å². The van der Waals surface area contributed by atoms with E-state index in [1.165, 1.54) is 11.6 Å². The van der Waals surface area contributed by atoms with E-state index in [1.807, 2.05) is 55.5 Å². The molecule has 0 saturated carbocycles. The Balaban J connectivity index is 1.83. The highest BCUT2D eigenvalue weighted by atomic mass is 79.9. The molecule has 3 aromatic carbocycles. The minimum atomic E-state index is -0.486. The van der Waals surface area contributed by atoms with E-state index in [1.54, 1.807) is 18.2 Å². The standard InChI is InChI=1S/C27H24BrClN2O3/c1-3-18-9-11-22(12-10-18)31-27(32)21(16-30)13-19-14-23(28)26(25(15-19)33-4-2)34-17-20-7-5-6-8-24(20)29/h5-15H,3-4,17H2,1-2H3,(H,31,32)/b21-13-. The largest absolute Gasteiger partial charge is 0.490 e. The van der Waals surface area contributed by atoms with Gasteiger partial charge in [-0.2, -0.15) is 5.26 Å². The molecule has 0 aliphatic rings. The van der Waals surface area contributed by atoms with Crippen LogP contribution in [0.4, 0.5) is 5.69 Å². The Hall–Kier alpha value is -3.27. The first-order valence-electron chi connectivity index (χ1n) is 10.8. The molecule has 0 aromatic heterocycles. The third-order valence-corrected chi connectivity index (χ3v) is 5.92. The fourth-order valence-corrected chi connectivity index (χ4v) is 3.94. The topological polar surface area (TPSA) is 71.3 Å². The molecule has 0 saturated heterocycles. The maximum atomic E-state index is 12.7. The van der Waals surface area contributed by atoms with Crippen LogP contribution < -0.4 is 14.8 Å². The second kappa shape index (κ2) is 12.3. The Morgan fingerprint density at radius 3 is 2.50 bits per heavy atom. The summed E-state index contributed by atoms with van der Waals surface area (Å²) in [7, 11) is 0. The van der Waals surface area contributed by atoms with Crippen LogP contribution in [0.15, 0.2) is 70.7 Å². The minimum absolute atomic E-state index is 0.0290. The van der Waals surface area contributed by atoms with Crippen molar-refractivity contribution in [3.8, 4) is 17.6 Å². The summed E-state index contributed by atoms with van der Waals surface area (Å²) in [4.78, 5) is 12.7. The molecule has 0 atom stereocenters. The van der Waals surface area contributed by atoms with Gasteiger partial charge in [-0.3, -0.25) is 4.79 Å². The van der Waals surface area contributed by atoms with Crippen LogP contribution in [0.25, 0.3) is 6.08 Å². The first-order valence-corrected chi connectivity index (χ1v) is 12.0. The molecule has 1 N–H and O–H groups in total. The number of nitrogens with zero attached hydrogens (tertiary/aromatic N) is 1. The molecule has 7 heteroatoms. The number of rotatable bonds is 9. The molecule has 1 amide bonds. The van der Waals surface area contributed by atoms with Crippen LogP contribution in [0.5, 0.6) is 11.5 Å². The molecule has 34 heavy (non-hydrogen) atoms. The average molecular weight is 540 g/mol. The van der Waals surface area contributed by atoms with Crippen molar-refractivity contribution in [2.45, 2.75) is 26.9 Å². The first kappa shape index (κ1) is 25.4. The highest BCUT2D eigenvalue weighted by molar-refractivity contribution is 9.10. The smallest absolute Gasteiger partial charge is 0.266 e. The fraction of sp³-hybridized carbons (Fsp3) is 0.185. The number of amides is 1. The van der Waals surface area contributed by atoms with Gasteiger partial charge in [-0.05, 0) is 76.8 Å². The summed E-state index contributed by atoms with van der Waals surface area (Å²) in [5.74, 6) is 0.515. The zero-order valence-corrected chi connectivity index (χ0v) is 21.2. The molecule has 0 fully saturated rings. The van der Waals surface area contributed by atoms with E-state index in [9.17, 15) is 10.1 Å². The van der Waals surface area contributed by atoms with Crippen molar-refractivity contribution in [2.24, 2.45) is 0 Å². The van der Waals surface area contributed by atoms with E-state index in [0.29, 0.717) is 38.9 Å². The number of halogens is 2. The second-order valence-corrected chi connectivity index (χ2v) is 8.58. The fourth-order valence-electron chi connectivity index (χ4n) is 3.18. The van der Waals surface area contributed by atoms with Gasteiger partial charge in [0.2, 0.25) is 0 Å². The van der Waals surface area contributed by atoms with E-state index < -0.39 is 5.91 Å². The number of anilines is 1. The number of nitriles is 1. The van der Waals surface area contributed by atoms with E-state index in [-0.39, 0.29) is 12.2 Å². The van der Waals surface area contributed by atoms with Gasteiger partial charge in [-0.15, -0.1) is 0 Å². The lowest BCUT2D eigenvalue weighted by Gasteiger charge is -2.15. The van der Waals surface area contributed by atoms with Crippen molar-refractivity contribution in [1.82, 2.24) is 0 Å². The third kappa shape index (κ3) is 6.63. The molecule has 0 spiro atoms. The number of aryl methyl sites for hydroxylation is 1. The van der Waals surface area contributed by atoms with E-state index in [4.69, 9.17) is 21.1 Å². The van der Waals surface area contributed by atoms with Crippen LogP contribution in [0.1, 0.15) is 30.5 Å². The molecule has 0 aliphatic heterocycles. The summed E-state index contributed by atoms with van der Waals surface area (Å²) in [5.41, 5.74) is 3.23. The number of hydrogen-bond acceptors (Lipinski definition) is 4. The average Bonchev–Trinajstić information content (AvgIpc) is 2.83. The van der Waals surface area contributed by atoms with Gasteiger partial charge in [-0.25, -0.2) is 0 Å². The van der Waals surface area contributed by atoms with Crippen molar-refractivity contribution < 1.29 is 14.3 Å². The van der Waals surface area contributed by atoms with Gasteiger partial charge in [0.05, 0.1) is 11.1 Å². The third-order valence-electron chi connectivity index (χ3n) is 4.96. The summed E-state index contributed by atoms with van der Waals surface area (Å²) >= 11 is 9.76. The van der Waals surface area contributed by atoms with Crippen molar-refractivity contribution in [3.63, 3.8) is 0 Å². The summed E-state index contributed by atoms with van der Waals surface area (Å²) < 4.78 is 12.4. The van der Waals surface area contributed by atoms with Gasteiger partial charge in [0, 0.05) is 16.3 Å². The highest BCUT2D eigenvalue weighted by Gasteiger charge is 2.15. The SMILES string of the molecule is CCOc1cc(/C=C(/C#N)C(=O)Nc2ccc(CC)cc2)cc(Br)c1OCc1ccccc1Cl. The van der Waals surface area contributed by atoms with Crippen LogP contribution in [0, 0.1) is 11.3 Å². The van der Waals surface area contributed by atoms with Crippen molar-refractivity contribution in [1.29, 1.82) is 5.26 Å². The van der Waals surface area contributed by atoms with Gasteiger partial charge in [-0.1, -0.05) is 48.9 Å². The van der Waals surface area contributed by atoms with Gasteiger partial charge in [0.15, 0.2) is 11.5 Å². The van der Waals surface area contributed by atoms with Crippen molar-refractivity contribution in [3.05, 3.63) is 92.4 Å². The lowest BCUT2D eigenvalue weighted by molar-refractivity contribution is -0.112. The molecular formula is C27H24BrClN2O3. The molecule has 3 aromatic rings. The minimum Gasteiger partial charge on any atom is -0.490 e. The monoisotopic (exact) mass is 538 g/mol. The zero-order valence-electron chi connectivity index (χ0n) is 18.9. The maximum absolute atomic E-state index is 12.7. The van der Waals surface area contributed by atoms with Crippen LogP contribution in [-0.2, 0) is 17.8 Å². The zero-order chi connectivity index (χ0) is 24.5. The number of carbonyl (C=O) groups is 1. The van der Waals surface area contributed by atoms with Crippen LogP contribution in [0.3, 0.4) is 0 Å². The van der Waals surface area contributed by atoms with Gasteiger partial charge >= 0.3 is 0 Å². The highest BCUT2D eigenvalue weighted by Crippen LogP contribution is 2.38. The lowest BCUT2D eigenvalue weighted by atomic mass is 10.1. The molecule has 0 heterocycles. The number of hydrogen-bond donors (Lipinski definition) is 1. The Morgan fingerprint density at radius 2 is 1.85 bits per heavy atom. The summed E-state index contributed by atoms with van der Waals surface area (Å²) in [6, 6.07) is 20.5. The second-order valence-electron chi connectivity index (χ2n) is 7.32. The first-order chi connectivity index (χ1) is 16.4. The molecule has 0 aliphatic carbocycles. The van der Waals surface area contributed by atoms with E-state index >= 15 is 0 Å². The van der Waals surface area contributed by atoms with E-state index in [0.717, 1.165) is 12.0 Å². The maximum Gasteiger partial charge on any atom is 0.266 e. The number of carbonyl (C=O) groups excluding carboxylic acids is 1. The Kier molecular flexibility index (Phi) is 9.15. The predicted octanol–water partition coefficient (Wildman–Crippen LogP) is 7.19. The summed E-state index contributed by atoms with van der Waals surface area (Å²) in [6.45, 7) is 4.61. The molecule has 0 radical (unpaired) electrons. The Labute approximate surface area is 213 Å². The predicted molar refractivity (Wildman–Crippen MR) is 139 cm³/mol. The molecule has 0 bridgehead atoms. The number of benzene rings is 3. The van der Waals surface area contributed by atoms with Crippen molar-refractivity contribution >= 4 is 45.2 Å². The van der Waals surface area contributed by atoms with Crippen LogP contribution >= 0.6 is 27.5 Å². The summed E-state index contributed by atoms with van der Waals surface area (Å²) in [6.07, 6.45) is 2.42. The van der Waals surface area contributed by atoms with Gasteiger partial charge in [0.25, 0.3) is 5.91 Å². The summed E-state index contributed by atoms with van der Waals surface area (Å²) in [5, 5.41) is 13.0. The molecule has 3 rings (SSSR count). The van der Waals surface area contributed by atoms with Crippen molar-refractivity contribution in [2.75, 3.05) is 11.9 Å². The molecule has 5 nitrogen and oxygen atoms in total. The Bertz CT molecular complexity index is 1230. The van der Waals surface area contributed by atoms with E-state index in [2.05, 4.69) is 28.2 Å². The lowest BCUT2D eigenvalue weighted by Crippen LogP contribution is -2.13. The quantitative estimate of drug-likeness (QED) is 0.231. The normalized spacial score (nSPS) is 11.0. The van der Waals surface area contributed by atoms with Gasteiger partial charge < -0.3 is 14.8 Å². The molecule has 0 unspecified atom stereocenters. The van der Waals surface area contributed by atoms with Crippen LogP contribution in [0.2, 0.25) is 5.02 Å². The Morgan fingerprint density at radius 1 is 1.12 bits per heavy atom. The molecular weight excluding hydrogens is 516 g/mol.